The van der Waals surface area contributed by atoms with Crippen molar-refractivity contribution in [1.82, 2.24) is 4.90 Å². The minimum atomic E-state index is -0.810. The molecule has 1 saturated carbocycles. The summed E-state index contributed by atoms with van der Waals surface area (Å²) in [5, 5.41) is 27.6. The lowest BCUT2D eigenvalue weighted by Gasteiger charge is -2.21. The van der Waals surface area contributed by atoms with Crippen molar-refractivity contribution in [2.75, 3.05) is 6.54 Å². The number of hydrogen-bond acceptors (Lipinski definition) is 4. The first-order chi connectivity index (χ1) is 8.56. The topological polar surface area (TPSA) is 81.0 Å². The van der Waals surface area contributed by atoms with Gasteiger partial charge in [0.25, 0.3) is 0 Å². The summed E-state index contributed by atoms with van der Waals surface area (Å²) in [6.07, 6.45) is 2.27. The fraction of sp³-hybridized carbons (Fsp3) is 0.462. The van der Waals surface area contributed by atoms with Gasteiger partial charge in [0.2, 0.25) is 0 Å². The van der Waals surface area contributed by atoms with Gasteiger partial charge in [-0.25, -0.2) is 0 Å². The number of carboxylic acids is 1. The molecule has 0 unspecified atom stereocenters. The van der Waals surface area contributed by atoms with Gasteiger partial charge in [0.1, 0.15) is 11.5 Å². The van der Waals surface area contributed by atoms with E-state index in [1.165, 1.54) is 12.1 Å². The van der Waals surface area contributed by atoms with Gasteiger partial charge in [0, 0.05) is 30.8 Å². The quantitative estimate of drug-likeness (QED) is 0.714. The van der Waals surface area contributed by atoms with Crippen molar-refractivity contribution in [3.8, 4) is 11.5 Å². The summed E-state index contributed by atoms with van der Waals surface area (Å²) >= 11 is 0. The third-order valence-corrected chi connectivity index (χ3v) is 3.12. The van der Waals surface area contributed by atoms with E-state index in [1.54, 1.807) is 6.07 Å². The number of aromatic hydroxyl groups is 2. The van der Waals surface area contributed by atoms with Crippen LogP contribution < -0.4 is 0 Å². The number of carboxylic acid groups (broad SMARTS) is 1. The summed E-state index contributed by atoms with van der Waals surface area (Å²) in [5.74, 6) is -0.730. The SMILES string of the molecule is O=C(O)CCN(Cc1ccc(O)cc1O)C1CC1. The summed E-state index contributed by atoms with van der Waals surface area (Å²) in [6, 6.07) is 4.92. The zero-order chi connectivity index (χ0) is 13.1. The van der Waals surface area contributed by atoms with Gasteiger partial charge in [-0.2, -0.15) is 0 Å². The molecule has 98 valence electrons. The van der Waals surface area contributed by atoms with Crippen LogP contribution in [0.5, 0.6) is 11.5 Å². The van der Waals surface area contributed by atoms with Gasteiger partial charge < -0.3 is 15.3 Å². The maximum absolute atomic E-state index is 10.6. The van der Waals surface area contributed by atoms with Gasteiger partial charge in [0.05, 0.1) is 6.42 Å². The van der Waals surface area contributed by atoms with Crippen LogP contribution in [0.2, 0.25) is 0 Å². The van der Waals surface area contributed by atoms with E-state index in [9.17, 15) is 15.0 Å². The van der Waals surface area contributed by atoms with Crippen LogP contribution >= 0.6 is 0 Å². The first-order valence-corrected chi connectivity index (χ1v) is 6.03. The molecule has 0 aliphatic heterocycles. The summed E-state index contributed by atoms with van der Waals surface area (Å²) in [7, 11) is 0. The predicted octanol–water partition coefficient (Wildman–Crippen LogP) is 1.54. The van der Waals surface area contributed by atoms with Gasteiger partial charge in [0.15, 0.2) is 0 Å². The molecule has 0 atom stereocenters. The fourth-order valence-electron chi connectivity index (χ4n) is 1.97. The van der Waals surface area contributed by atoms with Gasteiger partial charge in [-0.05, 0) is 18.9 Å². The van der Waals surface area contributed by atoms with E-state index in [0.29, 0.717) is 24.7 Å². The molecule has 1 aromatic carbocycles. The Morgan fingerprint density at radius 1 is 1.33 bits per heavy atom. The highest BCUT2D eigenvalue weighted by Crippen LogP contribution is 2.31. The smallest absolute Gasteiger partial charge is 0.304 e. The molecule has 0 saturated heterocycles. The predicted molar refractivity (Wildman–Crippen MR) is 65.5 cm³/mol. The molecule has 0 bridgehead atoms. The normalized spacial score (nSPS) is 14.9. The Morgan fingerprint density at radius 3 is 2.61 bits per heavy atom. The highest BCUT2D eigenvalue weighted by atomic mass is 16.4. The van der Waals surface area contributed by atoms with E-state index in [2.05, 4.69) is 4.90 Å². The van der Waals surface area contributed by atoms with Gasteiger partial charge in [-0.3, -0.25) is 9.69 Å². The van der Waals surface area contributed by atoms with Crippen LogP contribution in [0.4, 0.5) is 0 Å². The maximum atomic E-state index is 10.6. The lowest BCUT2D eigenvalue weighted by molar-refractivity contribution is -0.137. The Labute approximate surface area is 105 Å². The Bertz CT molecular complexity index is 443. The van der Waals surface area contributed by atoms with Crippen LogP contribution in [0.25, 0.3) is 0 Å². The Morgan fingerprint density at radius 2 is 2.06 bits per heavy atom. The van der Waals surface area contributed by atoms with E-state index in [4.69, 9.17) is 5.11 Å². The van der Waals surface area contributed by atoms with Crippen molar-refractivity contribution in [1.29, 1.82) is 0 Å². The minimum Gasteiger partial charge on any atom is -0.508 e. The molecule has 1 aromatic rings. The molecule has 1 fully saturated rings. The first-order valence-electron chi connectivity index (χ1n) is 6.03. The second kappa shape index (κ2) is 5.27. The molecule has 2 rings (SSSR count). The lowest BCUT2D eigenvalue weighted by Crippen LogP contribution is -2.28. The third-order valence-electron chi connectivity index (χ3n) is 3.12. The average Bonchev–Trinajstić information content (AvgIpc) is 3.10. The molecule has 5 nitrogen and oxygen atoms in total. The first kappa shape index (κ1) is 12.7. The molecule has 0 aromatic heterocycles. The van der Waals surface area contributed by atoms with Crippen molar-refractivity contribution in [2.45, 2.75) is 31.8 Å². The molecule has 1 aliphatic rings. The minimum absolute atomic E-state index is 0.0276. The summed E-state index contributed by atoms with van der Waals surface area (Å²) < 4.78 is 0. The van der Waals surface area contributed by atoms with Crippen molar-refractivity contribution < 1.29 is 20.1 Å². The van der Waals surface area contributed by atoms with E-state index >= 15 is 0 Å². The van der Waals surface area contributed by atoms with Crippen LogP contribution in [-0.4, -0.2) is 38.8 Å². The second-order valence-electron chi connectivity index (χ2n) is 4.66. The van der Waals surface area contributed by atoms with Crippen LogP contribution in [0.3, 0.4) is 0 Å². The Balaban J connectivity index is 2.01. The molecule has 3 N–H and O–H groups in total. The summed E-state index contributed by atoms with van der Waals surface area (Å²) in [4.78, 5) is 12.7. The number of rotatable bonds is 6. The monoisotopic (exact) mass is 251 g/mol. The van der Waals surface area contributed by atoms with Crippen molar-refractivity contribution >= 4 is 5.97 Å². The molecule has 1 aliphatic carbocycles. The van der Waals surface area contributed by atoms with Gasteiger partial charge in [-0.15, -0.1) is 0 Å². The maximum Gasteiger partial charge on any atom is 0.304 e. The Hall–Kier alpha value is -1.75. The number of phenolic OH excluding ortho intramolecular Hbond substituents is 2. The molecule has 0 heterocycles. The number of phenols is 2. The van der Waals surface area contributed by atoms with Crippen molar-refractivity contribution in [2.24, 2.45) is 0 Å². The van der Waals surface area contributed by atoms with E-state index in [-0.39, 0.29) is 17.9 Å². The highest BCUT2D eigenvalue weighted by molar-refractivity contribution is 5.66. The molecule has 0 amide bonds. The number of benzene rings is 1. The zero-order valence-electron chi connectivity index (χ0n) is 10.0. The molecular weight excluding hydrogens is 234 g/mol. The third kappa shape index (κ3) is 3.37. The largest absolute Gasteiger partial charge is 0.508 e. The second-order valence-corrected chi connectivity index (χ2v) is 4.66. The standard InChI is InChI=1S/C13H17NO4/c15-11-4-1-9(12(16)7-11)8-14(10-2-3-10)6-5-13(17)18/h1,4,7,10,15-16H,2-3,5-6,8H2,(H,17,18). The number of hydrogen-bond donors (Lipinski definition) is 3. The van der Waals surface area contributed by atoms with Gasteiger partial charge >= 0.3 is 5.97 Å². The van der Waals surface area contributed by atoms with Gasteiger partial charge in [-0.1, -0.05) is 6.07 Å². The van der Waals surface area contributed by atoms with Crippen LogP contribution in [0.15, 0.2) is 18.2 Å². The summed E-state index contributed by atoms with van der Waals surface area (Å²) in [6.45, 7) is 1.00. The lowest BCUT2D eigenvalue weighted by atomic mass is 10.1. The van der Waals surface area contributed by atoms with Crippen molar-refractivity contribution in [3.05, 3.63) is 23.8 Å². The summed E-state index contributed by atoms with van der Waals surface area (Å²) in [5.41, 5.74) is 0.713. The van der Waals surface area contributed by atoms with Crippen LogP contribution in [-0.2, 0) is 11.3 Å². The van der Waals surface area contributed by atoms with E-state index < -0.39 is 5.97 Å². The average molecular weight is 251 g/mol. The van der Waals surface area contributed by atoms with Crippen LogP contribution in [0.1, 0.15) is 24.8 Å². The highest BCUT2D eigenvalue weighted by Gasteiger charge is 2.29. The number of carbonyl (C=O) groups is 1. The molecular formula is C13H17NO4. The fourth-order valence-corrected chi connectivity index (χ4v) is 1.97. The Kier molecular flexibility index (Phi) is 3.72. The van der Waals surface area contributed by atoms with Crippen LogP contribution in [0, 0.1) is 0 Å². The van der Waals surface area contributed by atoms with E-state index in [0.717, 1.165) is 12.8 Å². The molecule has 0 spiro atoms. The molecule has 18 heavy (non-hydrogen) atoms. The number of nitrogens with zero attached hydrogens (tertiary/aromatic N) is 1. The number of aliphatic carboxylic acids is 1. The zero-order valence-corrected chi connectivity index (χ0v) is 10.0. The van der Waals surface area contributed by atoms with E-state index in [1.807, 2.05) is 0 Å². The van der Waals surface area contributed by atoms with Crippen molar-refractivity contribution in [3.63, 3.8) is 0 Å². The molecule has 5 heteroatoms. The molecule has 0 radical (unpaired) electrons.